The highest BCUT2D eigenvalue weighted by molar-refractivity contribution is 7.89. The molecule has 1 saturated carbocycles. The molecule has 0 radical (unpaired) electrons. The van der Waals surface area contributed by atoms with Crippen LogP contribution in [-0.2, 0) is 10.0 Å². The minimum absolute atomic E-state index is 0.115. The number of carbonyl (C=O) groups excluding carboxylic acids is 1. The molecule has 7 heteroatoms. The van der Waals surface area contributed by atoms with Crippen LogP contribution < -0.4 is 10.0 Å². The largest absolute Gasteiger partial charge is 0.352 e. The van der Waals surface area contributed by atoms with Crippen LogP contribution in [0.15, 0.2) is 23.1 Å². The third kappa shape index (κ3) is 5.28. The molecule has 0 aliphatic heterocycles. The van der Waals surface area contributed by atoms with Crippen molar-refractivity contribution < 1.29 is 17.6 Å². The molecule has 1 aliphatic carbocycles. The van der Waals surface area contributed by atoms with Gasteiger partial charge in [0, 0.05) is 18.2 Å². The van der Waals surface area contributed by atoms with E-state index in [0.29, 0.717) is 6.54 Å². The van der Waals surface area contributed by atoms with Gasteiger partial charge in [-0.2, -0.15) is 0 Å². The molecule has 1 aromatic carbocycles. The van der Waals surface area contributed by atoms with Crippen molar-refractivity contribution >= 4 is 15.9 Å². The lowest BCUT2D eigenvalue weighted by Gasteiger charge is -2.09. The van der Waals surface area contributed by atoms with E-state index in [1.165, 1.54) is 6.07 Å². The first-order chi connectivity index (χ1) is 10.9. The second-order valence-electron chi connectivity index (χ2n) is 5.86. The molecule has 0 heterocycles. The number of halogens is 1. The van der Waals surface area contributed by atoms with Gasteiger partial charge in [-0.15, -0.1) is 0 Å². The van der Waals surface area contributed by atoms with E-state index in [2.05, 4.69) is 17.0 Å². The molecular formula is C16H23FN2O3S. The number of hydrogen-bond donors (Lipinski definition) is 2. The molecule has 0 atom stereocenters. The minimum atomic E-state index is -3.92. The Morgan fingerprint density at radius 1 is 1.26 bits per heavy atom. The lowest BCUT2D eigenvalue weighted by Crippen LogP contribution is -2.28. The smallest absolute Gasteiger partial charge is 0.251 e. The average Bonchev–Trinajstić information content (AvgIpc) is 3.30. The predicted octanol–water partition coefficient (Wildman–Crippen LogP) is 2.58. The van der Waals surface area contributed by atoms with Crippen LogP contribution in [0.25, 0.3) is 0 Å². The molecule has 1 fully saturated rings. The molecule has 5 nitrogen and oxygen atoms in total. The topological polar surface area (TPSA) is 75.3 Å². The fourth-order valence-corrected chi connectivity index (χ4v) is 3.60. The Labute approximate surface area is 136 Å². The fourth-order valence-electron chi connectivity index (χ4n) is 2.19. The van der Waals surface area contributed by atoms with Crippen LogP contribution in [-0.4, -0.2) is 26.9 Å². The number of unbranched alkanes of at least 4 members (excludes halogenated alkanes) is 3. The van der Waals surface area contributed by atoms with Crippen LogP contribution >= 0.6 is 0 Å². The third-order valence-corrected chi connectivity index (χ3v) is 5.23. The SMILES string of the molecule is CCCCCCNC(=O)c1ccc(F)c(S(=O)(=O)NC2CC2)c1. The number of sulfonamides is 1. The maximum atomic E-state index is 13.8. The van der Waals surface area contributed by atoms with Gasteiger partial charge in [-0.1, -0.05) is 26.2 Å². The summed E-state index contributed by atoms with van der Waals surface area (Å²) in [7, 11) is -3.92. The van der Waals surface area contributed by atoms with E-state index in [1.807, 2.05) is 0 Å². The Bertz CT molecular complexity index is 657. The Morgan fingerprint density at radius 3 is 2.65 bits per heavy atom. The molecule has 23 heavy (non-hydrogen) atoms. The van der Waals surface area contributed by atoms with Gasteiger partial charge in [0.25, 0.3) is 5.91 Å². The van der Waals surface area contributed by atoms with E-state index in [1.54, 1.807) is 0 Å². The first-order valence-corrected chi connectivity index (χ1v) is 9.52. The van der Waals surface area contributed by atoms with Crippen molar-refractivity contribution in [2.24, 2.45) is 0 Å². The zero-order valence-corrected chi connectivity index (χ0v) is 14.1. The summed E-state index contributed by atoms with van der Waals surface area (Å²) in [6.45, 7) is 2.63. The van der Waals surface area contributed by atoms with Crippen molar-refractivity contribution in [2.45, 2.75) is 56.4 Å². The highest BCUT2D eigenvalue weighted by Gasteiger charge is 2.30. The molecule has 2 rings (SSSR count). The van der Waals surface area contributed by atoms with E-state index >= 15 is 0 Å². The molecule has 128 valence electrons. The molecular weight excluding hydrogens is 319 g/mol. The van der Waals surface area contributed by atoms with Crippen LogP contribution in [0.5, 0.6) is 0 Å². The van der Waals surface area contributed by atoms with Crippen LogP contribution in [0.4, 0.5) is 4.39 Å². The monoisotopic (exact) mass is 342 g/mol. The molecule has 2 N–H and O–H groups in total. The zero-order valence-electron chi connectivity index (χ0n) is 13.3. The van der Waals surface area contributed by atoms with Gasteiger partial charge < -0.3 is 5.32 Å². The van der Waals surface area contributed by atoms with Crippen molar-refractivity contribution in [3.63, 3.8) is 0 Å². The summed E-state index contributed by atoms with van der Waals surface area (Å²) in [4.78, 5) is 11.6. The van der Waals surface area contributed by atoms with Gasteiger partial charge in [0.1, 0.15) is 10.7 Å². The van der Waals surface area contributed by atoms with Crippen molar-refractivity contribution in [2.75, 3.05) is 6.54 Å². The summed E-state index contributed by atoms with van der Waals surface area (Å²) in [6.07, 6.45) is 5.65. The summed E-state index contributed by atoms with van der Waals surface area (Å²) >= 11 is 0. The lowest BCUT2D eigenvalue weighted by atomic mass is 10.2. The molecule has 0 spiro atoms. The van der Waals surface area contributed by atoms with E-state index < -0.39 is 20.7 Å². The van der Waals surface area contributed by atoms with Crippen molar-refractivity contribution in [3.05, 3.63) is 29.6 Å². The molecule has 0 aromatic heterocycles. The molecule has 1 aliphatic rings. The van der Waals surface area contributed by atoms with E-state index in [4.69, 9.17) is 0 Å². The van der Waals surface area contributed by atoms with Crippen LogP contribution in [0, 0.1) is 5.82 Å². The number of rotatable bonds is 9. The Morgan fingerprint density at radius 2 is 2.00 bits per heavy atom. The third-order valence-electron chi connectivity index (χ3n) is 3.70. The normalized spacial score (nSPS) is 14.7. The van der Waals surface area contributed by atoms with Gasteiger partial charge in [-0.25, -0.2) is 17.5 Å². The molecule has 1 amide bonds. The van der Waals surface area contributed by atoms with E-state index in [9.17, 15) is 17.6 Å². The summed E-state index contributed by atoms with van der Waals surface area (Å²) in [5.41, 5.74) is 0.151. The van der Waals surface area contributed by atoms with Crippen molar-refractivity contribution in [1.82, 2.24) is 10.0 Å². The first-order valence-electron chi connectivity index (χ1n) is 8.04. The summed E-state index contributed by atoms with van der Waals surface area (Å²) in [5.74, 6) is -1.23. The maximum Gasteiger partial charge on any atom is 0.251 e. The van der Waals surface area contributed by atoms with Gasteiger partial charge in [0.2, 0.25) is 10.0 Å². The van der Waals surface area contributed by atoms with Gasteiger partial charge in [-0.3, -0.25) is 4.79 Å². The molecule has 0 unspecified atom stereocenters. The Hall–Kier alpha value is -1.47. The van der Waals surface area contributed by atoms with Gasteiger partial charge in [0.15, 0.2) is 0 Å². The van der Waals surface area contributed by atoms with Crippen LogP contribution in [0.3, 0.4) is 0 Å². The number of hydrogen-bond acceptors (Lipinski definition) is 3. The highest BCUT2D eigenvalue weighted by Crippen LogP contribution is 2.24. The van der Waals surface area contributed by atoms with Crippen molar-refractivity contribution in [1.29, 1.82) is 0 Å². The van der Waals surface area contributed by atoms with Gasteiger partial charge >= 0.3 is 0 Å². The number of amides is 1. The number of nitrogens with one attached hydrogen (secondary N) is 2. The molecule has 0 saturated heterocycles. The number of carbonyl (C=O) groups is 1. The van der Waals surface area contributed by atoms with Crippen molar-refractivity contribution in [3.8, 4) is 0 Å². The summed E-state index contributed by atoms with van der Waals surface area (Å²) in [6, 6.07) is 3.30. The standard InChI is InChI=1S/C16H23FN2O3S/c1-2-3-4-5-10-18-16(20)12-6-9-14(17)15(11-12)23(21,22)19-13-7-8-13/h6,9,11,13,19H,2-5,7-8,10H2,1H3,(H,18,20). The first kappa shape index (κ1) is 17.9. The summed E-state index contributed by atoms with van der Waals surface area (Å²) in [5, 5.41) is 2.73. The Balaban J connectivity index is 2.02. The fraction of sp³-hybridized carbons (Fsp3) is 0.562. The van der Waals surface area contributed by atoms with E-state index in [-0.39, 0.29) is 17.5 Å². The molecule has 1 aromatic rings. The summed E-state index contributed by atoms with van der Waals surface area (Å²) < 4.78 is 40.5. The molecule has 0 bridgehead atoms. The van der Waals surface area contributed by atoms with Crippen LogP contribution in [0.1, 0.15) is 55.8 Å². The maximum absolute atomic E-state index is 13.8. The Kier molecular flexibility index (Phi) is 6.12. The minimum Gasteiger partial charge on any atom is -0.352 e. The van der Waals surface area contributed by atoms with Crippen LogP contribution in [0.2, 0.25) is 0 Å². The second-order valence-corrected chi connectivity index (χ2v) is 7.54. The number of benzene rings is 1. The second kappa shape index (κ2) is 7.88. The lowest BCUT2D eigenvalue weighted by molar-refractivity contribution is 0.0952. The van der Waals surface area contributed by atoms with E-state index in [0.717, 1.165) is 50.7 Å². The van der Waals surface area contributed by atoms with Gasteiger partial charge in [-0.05, 0) is 37.5 Å². The quantitative estimate of drug-likeness (QED) is 0.677. The predicted molar refractivity (Wildman–Crippen MR) is 86.2 cm³/mol. The van der Waals surface area contributed by atoms with Gasteiger partial charge in [0.05, 0.1) is 0 Å². The average molecular weight is 342 g/mol. The zero-order chi connectivity index (χ0) is 16.9. The highest BCUT2D eigenvalue weighted by atomic mass is 32.2.